The molecule has 0 aliphatic carbocycles. The van der Waals surface area contributed by atoms with Gasteiger partial charge in [-0.15, -0.1) is 11.8 Å². The van der Waals surface area contributed by atoms with E-state index in [1.165, 1.54) is 64.9 Å². The van der Waals surface area contributed by atoms with Gasteiger partial charge in [0.15, 0.2) is 11.8 Å². The van der Waals surface area contributed by atoms with Gasteiger partial charge in [-0.1, -0.05) is 12.1 Å². The number of hydrogen-bond donors (Lipinski definition) is 0. The van der Waals surface area contributed by atoms with Crippen molar-refractivity contribution in [1.29, 1.82) is 0 Å². The Labute approximate surface area is 169 Å². The molecule has 1 unspecified atom stereocenters. The number of ketones is 1. The summed E-state index contributed by atoms with van der Waals surface area (Å²) in [6.45, 7) is -0.294. The second-order valence-electron chi connectivity index (χ2n) is 6.59. The zero-order valence-corrected chi connectivity index (χ0v) is 15.9. The molecule has 0 bridgehead atoms. The minimum absolute atomic E-state index is 0.0243. The predicted octanol–water partition coefficient (Wildman–Crippen LogP) is 3.39. The van der Waals surface area contributed by atoms with Crippen LogP contribution < -0.4 is 0 Å². The van der Waals surface area contributed by atoms with Crippen molar-refractivity contribution in [2.45, 2.75) is 11.8 Å². The number of benzene rings is 2. The molecule has 1 atom stereocenters. The van der Waals surface area contributed by atoms with Crippen LogP contribution in [0.4, 0.5) is 13.6 Å². The predicted molar refractivity (Wildman–Crippen MR) is 104 cm³/mol. The lowest BCUT2D eigenvalue weighted by Crippen LogP contribution is -2.55. The van der Waals surface area contributed by atoms with Gasteiger partial charge in [-0.3, -0.25) is 4.79 Å². The lowest BCUT2D eigenvalue weighted by atomic mass is 10.1. The molecule has 3 amide bonds. The molecule has 0 fully saturated rings. The monoisotopic (exact) mass is 413 g/mol. The summed E-state index contributed by atoms with van der Waals surface area (Å²) < 4.78 is 27.5. The van der Waals surface area contributed by atoms with Crippen LogP contribution in [0, 0.1) is 11.6 Å². The first kappa shape index (κ1) is 19.2. The molecule has 5 nitrogen and oxygen atoms in total. The Kier molecular flexibility index (Phi) is 5.10. The number of thioether (sulfide) groups is 1. The molecule has 0 saturated carbocycles. The summed E-state index contributed by atoms with van der Waals surface area (Å²) >= 11 is 1.26. The van der Waals surface area contributed by atoms with Crippen LogP contribution in [0.25, 0.3) is 0 Å². The lowest BCUT2D eigenvalue weighted by Gasteiger charge is -2.24. The van der Waals surface area contributed by atoms with Crippen molar-refractivity contribution in [2.24, 2.45) is 0 Å². The molecule has 0 aromatic heterocycles. The maximum atomic E-state index is 13.2. The number of urea groups is 1. The highest BCUT2D eigenvalue weighted by atomic mass is 32.2. The first-order chi connectivity index (χ1) is 13.9. The van der Waals surface area contributed by atoms with Crippen LogP contribution in [-0.4, -0.2) is 44.7 Å². The van der Waals surface area contributed by atoms with Crippen molar-refractivity contribution in [3.8, 4) is 0 Å². The molecule has 2 aromatic rings. The first-order valence-electron chi connectivity index (χ1n) is 8.79. The number of hydrogen-bond acceptors (Lipinski definition) is 4. The van der Waals surface area contributed by atoms with Gasteiger partial charge in [-0.2, -0.15) is 14.3 Å². The second kappa shape index (κ2) is 7.71. The average Bonchev–Trinajstić information content (AvgIpc) is 3.20. The molecule has 2 aromatic carbocycles. The summed E-state index contributed by atoms with van der Waals surface area (Å²) in [5, 5.41) is 1.09. The van der Waals surface area contributed by atoms with Crippen molar-refractivity contribution in [3.05, 3.63) is 82.8 Å². The quantitative estimate of drug-likeness (QED) is 0.557. The van der Waals surface area contributed by atoms with Gasteiger partial charge in [0.1, 0.15) is 23.9 Å². The third-order valence-corrected chi connectivity index (χ3v) is 5.72. The van der Waals surface area contributed by atoms with E-state index in [4.69, 9.17) is 0 Å². The van der Waals surface area contributed by atoms with Gasteiger partial charge >= 0.3 is 11.9 Å². The fraction of sp³-hybridized carbons (Fsp3) is 0.143. The van der Waals surface area contributed by atoms with E-state index in [1.54, 1.807) is 11.5 Å². The summed E-state index contributed by atoms with van der Waals surface area (Å²) in [5.74, 6) is -1.63. The molecule has 2 aliphatic heterocycles. The molecule has 4 rings (SSSR count). The van der Waals surface area contributed by atoms with Crippen LogP contribution in [0.2, 0.25) is 0 Å². The standard InChI is InChI=1S/C21H15F2N2O3S/c22-15-5-1-13(2-6-15)11-25-20(27)19-17(9-10-29-19)24(21(25)28)12-18(26)14-3-7-16(23)8-4-14/h1-10,19H,11-12H2/q+1. The van der Waals surface area contributed by atoms with Gasteiger partial charge in [0.05, 0.1) is 0 Å². The third kappa shape index (κ3) is 3.75. The number of amides is 3. The highest BCUT2D eigenvalue weighted by molar-refractivity contribution is 8.04. The molecule has 8 heteroatoms. The van der Waals surface area contributed by atoms with Gasteiger partial charge in [-0.25, -0.2) is 13.6 Å². The van der Waals surface area contributed by atoms with E-state index in [0.717, 1.165) is 4.90 Å². The van der Waals surface area contributed by atoms with E-state index in [9.17, 15) is 23.2 Å². The number of fused-ring (bicyclic) bond motifs is 1. The summed E-state index contributed by atoms with van der Waals surface area (Å²) in [7, 11) is 0. The molecule has 2 aliphatic rings. The summed E-state index contributed by atoms with van der Waals surface area (Å²) in [4.78, 5) is 39.6. The fourth-order valence-corrected chi connectivity index (χ4v) is 4.16. The van der Waals surface area contributed by atoms with Crippen molar-refractivity contribution in [2.75, 3.05) is 6.54 Å². The van der Waals surface area contributed by atoms with E-state index < -0.39 is 22.9 Å². The summed E-state index contributed by atoms with van der Waals surface area (Å²) in [5.41, 5.74) is 1.32. The Bertz CT molecular complexity index is 1060. The zero-order chi connectivity index (χ0) is 20.5. The van der Waals surface area contributed by atoms with E-state index in [1.807, 2.05) is 0 Å². The highest BCUT2D eigenvalue weighted by Gasteiger charge is 2.49. The van der Waals surface area contributed by atoms with Gasteiger partial charge in [0.2, 0.25) is 5.78 Å². The maximum absolute atomic E-state index is 13.2. The Morgan fingerprint density at radius 1 is 1.00 bits per heavy atom. The average molecular weight is 413 g/mol. The van der Waals surface area contributed by atoms with Gasteiger partial charge in [0, 0.05) is 5.56 Å². The second-order valence-corrected chi connectivity index (χ2v) is 7.61. The highest BCUT2D eigenvalue weighted by Crippen LogP contribution is 2.28. The zero-order valence-electron chi connectivity index (χ0n) is 15.0. The summed E-state index contributed by atoms with van der Waals surface area (Å²) in [6.07, 6.45) is 1.65. The van der Waals surface area contributed by atoms with Crippen LogP contribution in [-0.2, 0) is 11.3 Å². The maximum Gasteiger partial charge on any atom is 0.501 e. The molecule has 0 saturated heterocycles. The molecule has 0 N–H and O–H groups in total. The van der Waals surface area contributed by atoms with Crippen LogP contribution >= 0.6 is 11.8 Å². The van der Waals surface area contributed by atoms with Crippen LogP contribution in [0.15, 0.2) is 60.0 Å². The Morgan fingerprint density at radius 2 is 1.62 bits per heavy atom. The number of rotatable bonds is 5. The minimum Gasteiger partial charge on any atom is -0.290 e. The SMILES string of the molecule is O=C(C[N+]1=C2C=CSC2C(=O)N(Cc2ccc(F)cc2)C1=O)c1ccc(F)cc1. The van der Waals surface area contributed by atoms with Gasteiger partial charge < -0.3 is 0 Å². The van der Waals surface area contributed by atoms with Crippen LogP contribution in [0.3, 0.4) is 0 Å². The molecule has 146 valence electrons. The van der Waals surface area contributed by atoms with E-state index in [-0.39, 0.29) is 30.3 Å². The topological polar surface area (TPSA) is 57.5 Å². The number of halogens is 2. The third-order valence-electron chi connectivity index (χ3n) is 4.71. The fourth-order valence-electron chi connectivity index (χ4n) is 3.20. The number of nitrogens with zero attached hydrogens (tertiary/aromatic N) is 2. The first-order valence-corrected chi connectivity index (χ1v) is 9.73. The Morgan fingerprint density at radius 3 is 2.28 bits per heavy atom. The largest absolute Gasteiger partial charge is 0.501 e. The molecule has 2 heterocycles. The van der Waals surface area contributed by atoms with Crippen LogP contribution in [0.5, 0.6) is 0 Å². The van der Waals surface area contributed by atoms with Crippen molar-refractivity contribution < 1.29 is 27.7 Å². The summed E-state index contributed by atoms with van der Waals surface area (Å²) in [6, 6.07) is 9.97. The molecule has 0 spiro atoms. The van der Waals surface area contributed by atoms with E-state index in [0.29, 0.717) is 11.3 Å². The Balaban J connectivity index is 1.63. The lowest BCUT2D eigenvalue weighted by molar-refractivity contribution is -0.424. The molecular formula is C21H15F2N2O3S+. The van der Waals surface area contributed by atoms with Gasteiger partial charge in [-0.05, 0) is 53.4 Å². The number of imide groups is 1. The Hall–Kier alpha value is -3.13. The number of allylic oxidation sites excluding steroid dienone is 1. The molecule has 0 radical (unpaired) electrons. The van der Waals surface area contributed by atoms with Crippen LogP contribution in [0.1, 0.15) is 15.9 Å². The number of Topliss-reactive ketones (excluding diaryl/α,β-unsaturated/α-hetero) is 1. The number of carbonyl (C=O) groups is 3. The number of carbonyl (C=O) groups excluding carboxylic acids is 3. The van der Waals surface area contributed by atoms with Crippen molar-refractivity contribution in [3.63, 3.8) is 0 Å². The van der Waals surface area contributed by atoms with Gasteiger partial charge in [0.25, 0.3) is 0 Å². The van der Waals surface area contributed by atoms with Crippen molar-refractivity contribution >= 4 is 35.2 Å². The van der Waals surface area contributed by atoms with E-state index >= 15 is 0 Å². The van der Waals surface area contributed by atoms with Crippen molar-refractivity contribution in [1.82, 2.24) is 4.90 Å². The smallest absolute Gasteiger partial charge is 0.290 e. The normalized spacial score (nSPS) is 18.4. The molecule has 29 heavy (non-hydrogen) atoms. The minimum atomic E-state index is -0.617. The molecular weight excluding hydrogens is 398 g/mol. The van der Waals surface area contributed by atoms with E-state index in [2.05, 4.69) is 0 Å².